The molecule has 3 aromatic heterocycles. The number of methoxy groups -OCH3 is 1. The van der Waals surface area contributed by atoms with Gasteiger partial charge in [0.2, 0.25) is 11.8 Å². The first-order chi connectivity index (χ1) is 15.9. The highest BCUT2D eigenvalue weighted by Crippen LogP contribution is 2.26. The molecule has 0 aliphatic heterocycles. The third kappa shape index (κ3) is 3.86. The Kier molecular flexibility index (Phi) is 5.16. The molecule has 1 N–H and O–H groups in total. The normalized spacial score (nSPS) is 13.7. The molecule has 0 bridgehead atoms. The number of hydrogen-bond acceptors (Lipinski definition) is 6. The van der Waals surface area contributed by atoms with Crippen LogP contribution >= 0.6 is 0 Å². The van der Waals surface area contributed by atoms with E-state index in [-0.39, 0.29) is 11.5 Å². The molecule has 1 aliphatic carbocycles. The Morgan fingerprint density at radius 3 is 2.82 bits per heavy atom. The van der Waals surface area contributed by atoms with Crippen LogP contribution in [0.25, 0.3) is 16.9 Å². The summed E-state index contributed by atoms with van der Waals surface area (Å²) < 4.78 is 8.10. The van der Waals surface area contributed by atoms with Crippen molar-refractivity contribution in [3.05, 3.63) is 69.8 Å². The number of aryl methyl sites for hydroxylation is 3. The summed E-state index contributed by atoms with van der Waals surface area (Å²) in [5, 5.41) is 11.8. The standard InChI is InChI=1S/C24H24N6O3/c1-14-7-8-17(20-13-29-21(25-20)9-10-22(28-29)33-3)11-19(14)26-24(32)15(2)30-23(31)12-16-5-4-6-18(16)27-30/h7-13,15H,4-6H2,1-3H3,(H,26,32). The van der Waals surface area contributed by atoms with Crippen molar-refractivity contribution in [2.24, 2.45) is 0 Å². The van der Waals surface area contributed by atoms with Crippen molar-refractivity contribution in [3.63, 3.8) is 0 Å². The maximum absolute atomic E-state index is 13.0. The van der Waals surface area contributed by atoms with Crippen molar-refractivity contribution < 1.29 is 9.53 Å². The largest absolute Gasteiger partial charge is 0.480 e. The average Bonchev–Trinajstić information content (AvgIpc) is 3.45. The first-order valence-electron chi connectivity index (χ1n) is 10.9. The highest BCUT2D eigenvalue weighted by molar-refractivity contribution is 5.94. The summed E-state index contributed by atoms with van der Waals surface area (Å²) >= 11 is 0. The van der Waals surface area contributed by atoms with Crippen molar-refractivity contribution >= 4 is 17.2 Å². The number of nitrogens with zero attached hydrogens (tertiary/aromatic N) is 5. The van der Waals surface area contributed by atoms with E-state index in [0.29, 0.717) is 17.2 Å². The number of aromatic nitrogens is 5. The summed E-state index contributed by atoms with van der Waals surface area (Å²) in [7, 11) is 1.56. The molecule has 0 radical (unpaired) electrons. The van der Waals surface area contributed by atoms with Gasteiger partial charge in [-0.1, -0.05) is 12.1 Å². The molecule has 1 amide bonds. The van der Waals surface area contributed by atoms with Gasteiger partial charge in [0.15, 0.2) is 5.65 Å². The Balaban J connectivity index is 1.42. The SMILES string of the molecule is COc1ccc2nc(-c3ccc(C)c(NC(=O)C(C)n4nc5c(cc4=O)CCC5)c3)cn2n1. The number of nitrogens with one attached hydrogen (secondary N) is 1. The lowest BCUT2D eigenvalue weighted by molar-refractivity contribution is -0.119. The minimum absolute atomic E-state index is 0.253. The first-order valence-corrected chi connectivity index (χ1v) is 10.9. The maximum atomic E-state index is 13.0. The monoisotopic (exact) mass is 444 g/mol. The summed E-state index contributed by atoms with van der Waals surface area (Å²) in [6, 6.07) is 10.2. The lowest BCUT2D eigenvalue weighted by Crippen LogP contribution is -2.34. The van der Waals surface area contributed by atoms with Gasteiger partial charge in [0, 0.05) is 23.4 Å². The third-order valence-corrected chi connectivity index (χ3v) is 6.02. The minimum atomic E-state index is -0.738. The molecule has 1 unspecified atom stereocenters. The fraction of sp³-hybridized carbons (Fsp3) is 0.292. The van der Waals surface area contributed by atoms with Crippen molar-refractivity contribution in [2.45, 2.75) is 39.2 Å². The van der Waals surface area contributed by atoms with E-state index in [1.807, 2.05) is 37.4 Å². The van der Waals surface area contributed by atoms with Gasteiger partial charge in [0.05, 0.1) is 24.7 Å². The lowest BCUT2D eigenvalue weighted by Gasteiger charge is -2.16. The van der Waals surface area contributed by atoms with Gasteiger partial charge in [-0.3, -0.25) is 9.59 Å². The van der Waals surface area contributed by atoms with Crippen LogP contribution in [-0.4, -0.2) is 37.4 Å². The topological polar surface area (TPSA) is 103 Å². The fourth-order valence-corrected chi connectivity index (χ4v) is 4.07. The van der Waals surface area contributed by atoms with E-state index >= 15 is 0 Å². The molecule has 9 heteroatoms. The van der Waals surface area contributed by atoms with Crippen LogP contribution in [0.3, 0.4) is 0 Å². The van der Waals surface area contributed by atoms with Crippen LogP contribution in [-0.2, 0) is 17.6 Å². The molecule has 0 saturated carbocycles. The van der Waals surface area contributed by atoms with E-state index in [9.17, 15) is 9.59 Å². The predicted molar refractivity (Wildman–Crippen MR) is 124 cm³/mol. The zero-order valence-corrected chi connectivity index (χ0v) is 18.7. The second-order valence-corrected chi connectivity index (χ2v) is 8.25. The molecule has 168 valence electrons. The van der Waals surface area contributed by atoms with Gasteiger partial charge < -0.3 is 10.1 Å². The number of imidazole rings is 1. The third-order valence-electron chi connectivity index (χ3n) is 6.02. The molecule has 5 rings (SSSR count). The highest BCUT2D eigenvalue weighted by Gasteiger charge is 2.22. The minimum Gasteiger partial charge on any atom is -0.480 e. The number of anilines is 1. The van der Waals surface area contributed by atoms with E-state index < -0.39 is 6.04 Å². The van der Waals surface area contributed by atoms with Crippen molar-refractivity contribution in [1.82, 2.24) is 24.4 Å². The molecule has 0 spiro atoms. The second kappa shape index (κ2) is 8.16. The molecule has 1 aliphatic rings. The van der Waals surface area contributed by atoms with Crippen LogP contribution in [0.15, 0.2) is 47.4 Å². The van der Waals surface area contributed by atoms with E-state index in [4.69, 9.17) is 4.74 Å². The smallest absolute Gasteiger partial charge is 0.267 e. The molecule has 1 atom stereocenters. The Bertz CT molecular complexity index is 1440. The number of fused-ring (bicyclic) bond motifs is 2. The quantitative estimate of drug-likeness (QED) is 0.508. The molecule has 0 fully saturated rings. The Hall–Kier alpha value is -4.01. The van der Waals surface area contributed by atoms with Crippen LogP contribution in [0, 0.1) is 6.92 Å². The average molecular weight is 444 g/mol. The van der Waals surface area contributed by atoms with E-state index in [0.717, 1.165) is 47.3 Å². The van der Waals surface area contributed by atoms with Gasteiger partial charge in [-0.25, -0.2) is 14.2 Å². The number of rotatable bonds is 5. The predicted octanol–water partition coefficient (Wildman–Crippen LogP) is 2.96. The Morgan fingerprint density at radius 2 is 2.00 bits per heavy atom. The van der Waals surface area contributed by atoms with Crippen LogP contribution in [0.2, 0.25) is 0 Å². The van der Waals surface area contributed by atoms with Gasteiger partial charge in [0.1, 0.15) is 6.04 Å². The number of benzene rings is 1. The molecule has 9 nitrogen and oxygen atoms in total. The fourth-order valence-electron chi connectivity index (χ4n) is 4.07. The second-order valence-electron chi connectivity index (χ2n) is 8.25. The molecule has 3 heterocycles. The number of carbonyl (C=O) groups is 1. The summed E-state index contributed by atoms with van der Waals surface area (Å²) in [5.74, 6) is 0.192. The van der Waals surface area contributed by atoms with Gasteiger partial charge in [0.25, 0.3) is 5.56 Å². The van der Waals surface area contributed by atoms with Crippen LogP contribution in [0.1, 0.15) is 36.2 Å². The van der Waals surface area contributed by atoms with Crippen LogP contribution in [0.5, 0.6) is 5.88 Å². The van der Waals surface area contributed by atoms with Crippen LogP contribution in [0.4, 0.5) is 5.69 Å². The van der Waals surface area contributed by atoms with Crippen molar-refractivity contribution in [3.8, 4) is 17.1 Å². The lowest BCUT2D eigenvalue weighted by atomic mass is 10.1. The molecular weight excluding hydrogens is 420 g/mol. The summed E-state index contributed by atoms with van der Waals surface area (Å²) in [6.45, 7) is 3.60. The van der Waals surface area contributed by atoms with Crippen LogP contribution < -0.4 is 15.6 Å². The van der Waals surface area contributed by atoms with Gasteiger partial charge >= 0.3 is 0 Å². The molecule has 4 aromatic rings. The zero-order valence-electron chi connectivity index (χ0n) is 18.7. The highest BCUT2D eigenvalue weighted by atomic mass is 16.5. The molecular formula is C24H24N6O3. The van der Waals surface area contributed by atoms with Gasteiger partial charge in [-0.2, -0.15) is 5.10 Å². The molecule has 33 heavy (non-hydrogen) atoms. The number of amides is 1. The first kappa shape index (κ1) is 20.9. The van der Waals surface area contributed by atoms with E-state index in [1.54, 1.807) is 30.7 Å². The molecule has 0 saturated heterocycles. The zero-order chi connectivity index (χ0) is 23.1. The van der Waals surface area contributed by atoms with E-state index in [1.165, 1.54) is 4.68 Å². The number of hydrogen-bond donors (Lipinski definition) is 1. The maximum Gasteiger partial charge on any atom is 0.267 e. The van der Waals surface area contributed by atoms with Crippen molar-refractivity contribution in [2.75, 3.05) is 12.4 Å². The molecule has 1 aromatic carbocycles. The van der Waals surface area contributed by atoms with E-state index in [2.05, 4.69) is 20.5 Å². The number of carbonyl (C=O) groups excluding carboxylic acids is 1. The summed E-state index contributed by atoms with van der Waals surface area (Å²) in [4.78, 5) is 30.1. The summed E-state index contributed by atoms with van der Waals surface area (Å²) in [6.07, 6.45) is 4.51. The van der Waals surface area contributed by atoms with Crippen molar-refractivity contribution in [1.29, 1.82) is 0 Å². The Labute approximate surface area is 190 Å². The van der Waals surface area contributed by atoms with Gasteiger partial charge in [-0.05, 0) is 56.4 Å². The Morgan fingerprint density at radius 1 is 1.15 bits per heavy atom. The van der Waals surface area contributed by atoms with Gasteiger partial charge in [-0.15, -0.1) is 5.10 Å². The number of ether oxygens (including phenoxy) is 1. The summed E-state index contributed by atoms with van der Waals surface area (Å²) in [5.41, 5.74) is 5.44.